The zero-order valence-corrected chi connectivity index (χ0v) is 66.6. The highest BCUT2D eigenvalue weighted by Crippen LogP contribution is 2.45. The van der Waals surface area contributed by atoms with Crippen LogP contribution >= 0.6 is 15.6 Å². The maximum Gasteiger partial charge on any atom is 0.472 e. The third-order valence-corrected chi connectivity index (χ3v) is 21.0. The Morgan fingerprint density at radius 2 is 0.515 bits per heavy atom. The average Bonchev–Trinajstić information content (AvgIpc) is 1.13. The van der Waals surface area contributed by atoms with Crippen LogP contribution in [0.1, 0.15) is 420 Å². The third kappa shape index (κ3) is 72.8. The number of ether oxygens (including phenoxy) is 4. The topological polar surface area (TPSA) is 237 Å². The van der Waals surface area contributed by atoms with Crippen LogP contribution in [-0.2, 0) is 65.4 Å². The van der Waals surface area contributed by atoms with Crippen molar-refractivity contribution < 1.29 is 80.2 Å². The predicted octanol–water partition coefficient (Wildman–Crippen LogP) is 23.9. The van der Waals surface area contributed by atoms with E-state index in [1.54, 1.807) is 0 Å². The maximum absolute atomic E-state index is 13.1. The molecular formula is C80H156O17P2. The fourth-order valence-corrected chi connectivity index (χ4v) is 13.9. The zero-order chi connectivity index (χ0) is 72.8. The Balaban J connectivity index is 5.25. The highest BCUT2D eigenvalue weighted by atomic mass is 31.2. The van der Waals surface area contributed by atoms with E-state index in [1.165, 1.54) is 238 Å². The number of aliphatic hydroxyl groups excluding tert-OH is 1. The second kappa shape index (κ2) is 71.7. The molecule has 17 nitrogen and oxygen atoms in total. The second-order valence-corrected chi connectivity index (χ2v) is 32.4. The molecule has 0 aliphatic carbocycles. The quantitative estimate of drug-likeness (QED) is 0.0222. The molecule has 0 spiro atoms. The monoisotopic (exact) mass is 1450 g/mol. The molecule has 0 heterocycles. The van der Waals surface area contributed by atoms with Crippen LogP contribution in [-0.4, -0.2) is 96.7 Å². The number of carbonyl (C=O) groups is 4. The van der Waals surface area contributed by atoms with Crippen molar-refractivity contribution >= 4 is 39.5 Å². The number of phosphoric acid groups is 2. The second-order valence-electron chi connectivity index (χ2n) is 29.5. The van der Waals surface area contributed by atoms with Gasteiger partial charge in [-0.05, 0) is 37.5 Å². The van der Waals surface area contributed by atoms with E-state index in [0.29, 0.717) is 25.7 Å². The molecule has 6 atom stereocenters. The summed E-state index contributed by atoms with van der Waals surface area (Å²) in [5, 5.41) is 10.6. The Kier molecular flexibility index (Phi) is 70.3. The number of esters is 4. The molecule has 0 aliphatic heterocycles. The summed E-state index contributed by atoms with van der Waals surface area (Å²) in [6, 6.07) is 0. The molecule has 0 aromatic rings. The predicted molar refractivity (Wildman–Crippen MR) is 405 cm³/mol. The third-order valence-electron chi connectivity index (χ3n) is 19.1. The Hall–Kier alpha value is -1.94. The van der Waals surface area contributed by atoms with Crippen LogP contribution < -0.4 is 0 Å². The van der Waals surface area contributed by atoms with Crippen LogP contribution in [0.3, 0.4) is 0 Å². The van der Waals surface area contributed by atoms with E-state index in [4.69, 9.17) is 37.0 Å². The first-order chi connectivity index (χ1) is 47.9. The van der Waals surface area contributed by atoms with Crippen LogP contribution in [0.15, 0.2) is 0 Å². The normalized spacial score (nSPS) is 14.2. The van der Waals surface area contributed by atoms with Crippen molar-refractivity contribution in [1.29, 1.82) is 0 Å². The molecule has 0 amide bonds. The van der Waals surface area contributed by atoms with E-state index in [9.17, 15) is 43.2 Å². The van der Waals surface area contributed by atoms with Crippen molar-refractivity contribution in [2.45, 2.75) is 439 Å². The van der Waals surface area contributed by atoms with Gasteiger partial charge in [-0.25, -0.2) is 9.13 Å². The highest BCUT2D eigenvalue weighted by Gasteiger charge is 2.30. The first kappa shape index (κ1) is 97.1. The fraction of sp³-hybridized carbons (Fsp3) is 0.950. The molecule has 0 saturated heterocycles. The molecule has 0 rings (SSSR count). The minimum atomic E-state index is -4.96. The molecule has 0 fully saturated rings. The van der Waals surface area contributed by atoms with E-state index in [2.05, 4.69) is 41.5 Å². The van der Waals surface area contributed by atoms with Gasteiger partial charge in [0.05, 0.1) is 26.4 Å². The van der Waals surface area contributed by atoms with Crippen molar-refractivity contribution in [3.8, 4) is 0 Å². The SMILES string of the molecule is CCCCCCCCCCCCCCCCCCCC(=O)OC[C@H](COP(=O)(O)OC[C@@H](O)COP(=O)(O)OC[C@@H](COC(=O)CCCCCCCCCCCCCC)OC(=O)CCCCCCCCCCC(C)CC)OC(=O)CCCCCCCCCCCCCCCCCC(C)C. The van der Waals surface area contributed by atoms with Crippen molar-refractivity contribution in [2.24, 2.45) is 11.8 Å². The van der Waals surface area contributed by atoms with Gasteiger partial charge in [-0.3, -0.25) is 37.3 Å². The van der Waals surface area contributed by atoms with Crippen LogP contribution in [0.2, 0.25) is 0 Å². The lowest BCUT2D eigenvalue weighted by atomic mass is 9.99. The standard InChI is InChI=1S/C80H156O17P2/c1-7-10-12-14-16-18-20-22-23-24-27-30-34-38-45-51-57-63-78(83)90-68-75(96-79(84)64-58-52-46-39-35-31-28-25-26-29-32-36-42-48-54-60-72(4)5)70-94-98(86,87)92-66-74(81)67-93-99(88,89)95-71-76(97-80(85)65-59-53-47-41-40-43-49-55-61-73(6)9-3)69-91-77(82)62-56-50-44-37-33-21-19-17-15-13-11-8-2/h72-76,81H,7-71H2,1-6H3,(H,86,87)(H,88,89)/t73?,74-,75-,76-/m1/s1. The average molecular weight is 1450 g/mol. The molecule has 99 heavy (non-hydrogen) atoms. The minimum absolute atomic E-state index is 0.106. The lowest BCUT2D eigenvalue weighted by molar-refractivity contribution is -0.161. The summed E-state index contributed by atoms with van der Waals surface area (Å²) in [7, 11) is -9.92. The first-order valence-corrected chi connectivity index (χ1v) is 44.5. The molecule has 19 heteroatoms. The van der Waals surface area contributed by atoms with Gasteiger partial charge in [0, 0.05) is 25.7 Å². The summed E-state index contributed by atoms with van der Waals surface area (Å²) in [4.78, 5) is 73.0. The van der Waals surface area contributed by atoms with Crippen molar-refractivity contribution in [2.75, 3.05) is 39.6 Å². The zero-order valence-electron chi connectivity index (χ0n) is 64.8. The van der Waals surface area contributed by atoms with Gasteiger partial charge >= 0.3 is 39.5 Å². The molecule has 0 saturated carbocycles. The molecule has 0 aromatic heterocycles. The number of unbranched alkanes of at least 4 members (excludes halogenated alkanes) is 48. The van der Waals surface area contributed by atoms with Gasteiger partial charge in [0.15, 0.2) is 12.2 Å². The van der Waals surface area contributed by atoms with Crippen LogP contribution in [0.5, 0.6) is 0 Å². The summed E-state index contributed by atoms with van der Waals surface area (Å²) < 4.78 is 68.7. The molecular weight excluding hydrogens is 1290 g/mol. The Bertz CT molecular complexity index is 1910. The number of hydrogen-bond acceptors (Lipinski definition) is 15. The van der Waals surface area contributed by atoms with E-state index in [-0.39, 0.29) is 25.7 Å². The summed E-state index contributed by atoms with van der Waals surface area (Å²) in [5.74, 6) is -0.537. The van der Waals surface area contributed by atoms with E-state index >= 15 is 0 Å². The van der Waals surface area contributed by atoms with Gasteiger partial charge in [-0.1, -0.05) is 369 Å². The number of carbonyl (C=O) groups excluding carboxylic acids is 4. The fourth-order valence-electron chi connectivity index (χ4n) is 12.3. The maximum atomic E-state index is 13.1. The lowest BCUT2D eigenvalue weighted by Gasteiger charge is -2.21. The van der Waals surface area contributed by atoms with Gasteiger partial charge in [-0.2, -0.15) is 0 Å². The number of phosphoric ester groups is 2. The Labute approximate surface area is 607 Å². The van der Waals surface area contributed by atoms with Crippen LogP contribution in [0.25, 0.3) is 0 Å². The van der Waals surface area contributed by atoms with Gasteiger partial charge < -0.3 is 33.8 Å². The summed E-state index contributed by atoms with van der Waals surface area (Å²) >= 11 is 0. The van der Waals surface area contributed by atoms with Crippen molar-refractivity contribution in [3.05, 3.63) is 0 Å². The molecule has 3 unspecified atom stereocenters. The molecule has 0 aromatic carbocycles. The largest absolute Gasteiger partial charge is 0.472 e. The Morgan fingerprint density at radius 1 is 0.293 bits per heavy atom. The lowest BCUT2D eigenvalue weighted by Crippen LogP contribution is -2.30. The van der Waals surface area contributed by atoms with Crippen molar-refractivity contribution in [1.82, 2.24) is 0 Å². The van der Waals surface area contributed by atoms with Crippen molar-refractivity contribution in [3.63, 3.8) is 0 Å². The molecule has 0 aliphatic rings. The highest BCUT2D eigenvalue weighted by molar-refractivity contribution is 7.47. The van der Waals surface area contributed by atoms with E-state index in [0.717, 1.165) is 102 Å². The van der Waals surface area contributed by atoms with Gasteiger partial charge in [0.25, 0.3) is 0 Å². The number of rotatable bonds is 79. The van der Waals surface area contributed by atoms with Gasteiger partial charge in [0.1, 0.15) is 19.3 Å². The molecule has 588 valence electrons. The first-order valence-electron chi connectivity index (χ1n) is 41.5. The van der Waals surface area contributed by atoms with Gasteiger partial charge in [-0.15, -0.1) is 0 Å². The summed E-state index contributed by atoms with van der Waals surface area (Å²) in [5.41, 5.74) is 0. The Morgan fingerprint density at radius 3 is 0.768 bits per heavy atom. The van der Waals surface area contributed by atoms with E-state index in [1.807, 2.05) is 0 Å². The van der Waals surface area contributed by atoms with Crippen LogP contribution in [0.4, 0.5) is 0 Å². The summed E-state index contributed by atoms with van der Waals surface area (Å²) in [6.07, 6.45) is 60.9. The molecule has 3 N–H and O–H groups in total. The minimum Gasteiger partial charge on any atom is -0.462 e. The number of aliphatic hydroxyl groups is 1. The summed E-state index contributed by atoms with van der Waals surface area (Å²) in [6.45, 7) is 9.65. The van der Waals surface area contributed by atoms with Crippen LogP contribution in [0, 0.1) is 11.8 Å². The van der Waals surface area contributed by atoms with E-state index < -0.39 is 97.5 Å². The van der Waals surface area contributed by atoms with Gasteiger partial charge in [0.2, 0.25) is 0 Å². The number of hydrogen-bond donors (Lipinski definition) is 3. The smallest absolute Gasteiger partial charge is 0.462 e. The molecule has 0 radical (unpaired) electrons. The molecule has 0 bridgehead atoms.